The summed E-state index contributed by atoms with van der Waals surface area (Å²) in [7, 11) is -4.24. The van der Waals surface area contributed by atoms with Crippen molar-refractivity contribution in [3.05, 3.63) is 56.7 Å². The van der Waals surface area contributed by atoms with Crippen molar-refractivity contribution in [1.29, 1.82) is 0 Å². The Morgan fingerprint density at radius 3 is 2.68 bits per heavy atom. The predicted octanol–water partition coefficient (Wildman–Crippen LogP) is 2.71. The SMILES string of the molecule is Cc1cc(Cl)n2nc(S(=O)(=O)Nc3c(C)cccc3[N+](=O)[O-])nc2c1. The van der Waals surface area contributed by atoms with Gasteiger partial charge in [-0.3, -0.25) is 14.8 Å². The number of aromatic nitrogens is 3. The number of fused-ring (bicyclic) bond motifs is 1. The molecular formula is C14H12ClN5O4S. The maximum atomic E-state index is 12.6. The van der Waals surface area contributed by atoms with Crippen LogP contribution in [0.15, 0.2) is 35.5 Å². The van der Waals surface area contributed by atoms with Crippen LogP contribution in [-0.2, 0) is 10.0 Å². The second-order valence-corrected chi connectivity index (χ2v) is 7.31. The second-order valence-electron chi connectivity index (χ2n) is 5.35. The van der Waals surface area contributed by atoms with E-state index in [1.165, 1.54) is 16.6 Å². The molecule has 3 rings (SSSR count). The van der Waals surface area contributed by atoms with Crippen LogP contribution in [0.3, 0.4) is 0 Å². The van der Waals surface area contributed by atoms with Gasteiger partial charge in [-0.1, -0.05) is 23.7 Å². The normalized spacial score (nSPS) is 11.6. The van der Waals surface area contributed by atoms with Crippen LogP contribution in [0.4, 0.5) is 11.4 Å². The summed E-state index contributed by atoms with van der Waals surface area (Å²) in [6.45, 7) is 3.34. The Labute approximate surface area is 147 Å². The summed E-state index contributed by atoms with van der Waals surface area (Å²) in [5.41, 5.74) is 0.950. The summed E-state index contributed by atoms with van der Waals surface area (Å²) in [6.07, 6.45) is 0. The average molecular weight is 382 g/mol. The molecule has 0 aliphatic carbocycles. The lowest BCUT2D eigenvalue weighted by Crippen LogP contribution is -2.16. The van der Waals surface area contributed by atoms with Gasteiger partial charge in [0, 0.05) is 6.07 Å². The number of nitro benzene ring substituents is 1. The lowest BCUT2D eigenvalue weighted by molar-refractivity contribution is -0.383. The minimum absolute atomic E-state index is 0.131. The van der Waals surface area contributed by atoms with E-state index in [1.807, 2.05) is 0 Å². The van der Waals surface area contributed by atoms with Crippen molar-refractivity contribution in [3.8, 4) is 0 Å². The molecule has 0 unspecified atom stereocenters. The Bertz CT molecular complexity index is 1110. The molecule has 130 valence electrons. The van der Waals surface area contributed by atoms with E-state index in [-0.39, 0.29) is 22.2 Å². The van der Waals surface area contributed by atoms with E-state index in [0.717, 1.165) is 5.56 Å². The van der Waals surface area contributed by atoms with Gasteiger partial charge in [0.1, 0.15) is 10.8 Å². The maximum absolute atomic E-state index is 12.6. The highest BCUT2D eigenvalue weighted by Gasteiger charge is 2.26. The minimum atomic E-state index is -4.24. The monoisotopic (exact) mass is 381 g/mol. The standard InChI is InChI=1S/C14H12ClN5O4S/c1-8-6-11(15)19-12(7-8)16-14(17-19)25(23,24)18-13-9(2)4-3-5-10(13)20(21)22/h3-7,18H,1-2H3. The zero-order chi connectivity index (χ0) is 18.4. The Morgan fingerprint density at radius 2 is 2.00 bits per heavy atom. The van der Waals surface area contributed by atoms with E-state index < -0.39 is 20.1 Å². The zero-order valence-corrected chi connectivity index (χ0v) is 14.7. The quantitative estimate of drug-likeness (QED) is 0.421. The number of aryl methyl sites for hydroxylation is 2. The summed E-state index contributed by atoms with van der Waals surface area (Å²) < 4.78 is 28.5. The van der Waals surface area contributed by atoms with Crippen LogP contribution in [0.5, 0.6) is 0 Å². The minimum Gasteiger partial charge on any atom is -0.270 e. The van der Waals surface area contributed by atoms with E-state index in [9.17, 15) is 18.5 Å². The number of sulfonamides is 1. The molecule has 1 N–H and O–H groups in total. The van der Waals surface area contributed by atoms with Crippen LogP contribution in [0.2, 0.25) is 5.15 Å². The van der Waals surface area contributed by atoms with Gasteiger partial charge in [0.05, 0.1) is 4.92 Å². The molecular weight excluding hydrogens is 370 g/mol. The van der Waals surface area contributed by atoms with Crippen LogP contribution in [0, 0.1) is 24.0 Å². The Balaban J connectivity index is 2.10. The van der Waals surface area contributed by atoms with E-state index in [2.05, 4.69) is 14.8 Å². The molecule has 0 saturated heterocycles. The highest BCUT2D eigenvalue weighted by Crippen LogP contribution is 2.29. The summed E-state index contributed by atoms with van der Waals surface area (Å²) in [4.78, 5) is 14.4. The molecule has 0 fully saturated rings. The molecule has 0 radical (unpaired) electrons. The third-order valence-electron chi connectivity index (χ3n) is 3.44. The fourth-order valence-corrected chi connectivity index (χ4v) is 3.61. The molecule has 9 nitrogen and oxygen atoms in total. The number of halogens is 1. The van der Waals surface area contributed by atoms with E-state index in [0.29, 0.717) is 5.56 Å². The summed E-state index contributed by atoms with van der Waals surface area (Å²) in [5.74, 6) is 0. The van der Waals surface area contributed by atoms with Crippen LogP contribution in [0.1, 0.15) is 11.1 Å². The maximum Gasteiger partial charge on any atom is 0.299 e. The summed E-state index contributed by atoms with van der Waals surface area (Å²) >= 11 is 6.03. The smallest absolute Gasteiger partial charge is 0.270 e. The summed E-state index contributed by atoms with van der Waals surface area (Å²) in [5, 5.41) is 14.7. The molecule has 0 amide bonds. The Kier molecular flexibility index (Phi) is 4.09. The molecule has 0 saturated carbocycles. The van der Waals surface area contributed by atoms with Gasteiger partial charge < -0.3 is 0 Å². The van der Waals surface area contributed by atoms with Crippen molar-refractivity contribution < 1.29 is 13.3 Å². The first kappa shape index (κ1) is 17.1. The molecule has 25 heavy (non-hydrogen) atoms. The Morgan fingerprint density at radius 1 is 1.28 bits per heavy atom. The van der Waals surface area contributed by atoms with Crippen LogP contribution < -0.4 is 4.72 Å². The van der Waals surface area contributed by atoms with E-state index >= 15 is 0 Å². The molecule has 1 aromatic carbocycles. The van der Waals surface area contributed by atoms with Crippen molar-refractivity contribution in [2.24, 2.45) is 0 Å². The third kappa shape index (κ3) is 3.13. The lowest BCUT2D eigenvalue weighted by atomic mass is 10.2. The number of nitrogens with one attached hydrogen (secondary N) is 1. The van der Waals surface area contributed by atoms with Crippen molar-refractivity contribution in [2.75, 3.05) is 4.72 Å². The highest BCUT2D eigenvalue weighted by atomic mass is 35.5. The first-order chi connectivity index (χ1) is 11.7. The number of hydrogen-bond acceptors (Lipinski definition) is 6. The molecule has 3 aromatic rings. The van der Waals surface area contributed by atoms with Crippen LogP contribution in [0.25, 0.3) is 5.65 Å². The number of hydrogen-bond donors (Lipinski definition) is 1. The van der Waals surface area contributed by atoms with Crippen LogP contribution >= 0.6 is 11.6 Å². The average Bonchev–Trinajstić information content (AvgIpc) is 2.94. The molecule has 0 aliphatic heterocycles. The summed E-state index contributed by atoms with van der Waals surface area (Å²) in [6, 6.07) is 7.47. The zero-order valence-electron chi connectivity index (χ0n) is 13.1. The Hall–Kier alpha value is -2.72. The van der Waals surface area contributed by atoms with Crippen molar-refractivity contribution in [1.82, 2.24) is 14.6 Å². The van der Waals surface area contributed by atoms with Gasteiger partial charge in [0.25, 0.3) is 20.9 Å². The number of para-hydroxylation sites is 1. The largest absolute Gasteiger partial charge is 0.299 e. The number of benzene rings is 1. The van der Waals surface area contributed by atoms with Gasteiger partial charge in [0.15, 0.2) is 5.65 Å². The first-order valence-electron chi connectivity index (χ1n) is 6.99. The molecule has 0 spiro atoms. The second kappa shape index (κ2) is 5.97. The van der Waals surface area contributed by atoms with Gasteiger partial charge in [-0.15, -0.1) is 5.10 Å². The predicted molar refractivity (Wildman–Crippen MR) is 91.4 cm³/mol. The van der Waals surface area contributed by atoms with Crippen molar-refractivity contribution in [3.63, 3.8) is 0 Å². The molecule has 11 heteroatoms. The van der Waals surface area contributed by atoms with Gasteiger partial charge in [-0.2, -0.15) is 13.4 Å². The molecule has 2 heterocycles. The lowest BCUT2D eigenvalue weighted by Gasteiger charge is -2.08. The molecule has 0 bridgehead atoms. The van der Waals surface area contributed by atoms with Crippen molar-refractivity contribution in [2.45, 2.75) is 19.0 Å². The third-order valence-corrected chi connectivity index (χ3v) is 4.84. The number of rotatable bonds is 4. The number of nitro groups is 1. The fourth-order valence-electron chi connectivity index (χ4n) is 2.28. The number of pyridine rings is 1. The van der Waals surface area contributed by atoms with E-state index in [1.54, 1.807) is 32.0 Å². The highest BCUT2D eigenvalue weighted by molar-refractivity contribution is 7.92. The van der Waals surface area contributed by atoms with Crippen LogP contribution in [-0.4, -0.2) is 27.9 Å². The van der Waals surface area contributed by atoms with Gasteiger partial charge in [-0.05, 0) is 37.1 Å². The van der Waals surface area contributed by atoms with Crippen molar-refractivity contribution >= 4 is 38.6 Å². The fraction of sp³-hybridized carbons (Fsp3) is 0.143. The number of nitrogens with zero attached hydrogens (tertiary/aromatic N) is 4. The molecule has 0 atom stereocenters. The van der Waals surface area contributed by atoms with E-state index in [4.69, 9.17) is 11.6 Å². The topological polar surface area (TPSA) is 120 Å². The van der Waals surface area contributed by atoms with Gasteiger partial charge in [-0.25, -0.2) is 4.52 Å². The number of anilines is 1. The molecule has 0 aliphatic rings. The first-order valence-corrected chi connectivity index (χ1v) is 8.85. The molecule has 2 aromatic heterocycles. The van der Waals surface area contributed by atoms with Gasteiger partial charge >= 0.3 is 0 Å². The van der Waals surface area contributed by atoms with Gasteiger partial charge in [0.2, 0.25) is 0 Å².